The first kappa shape index (κ1) is 18.2. The monoisotopic (exact) mass is 366 g/mol. The Morgan fingerprint density at radius 3 is 2.48 bits per heavy atom. The smallest absolute Gasteiger partial charge is 0.335 e. The number of aryl methyl sites for hydroxylation is 1. The minimum absolute atomic E-state index is 0.189. The Balaban J connectivity index is 2.02. The fourth-order valence-electron chi connectivity index (χ4n) is 2.67. The minimum atomic E-state index is -0.824. The van der Waals surface area contributed by atoms with Gasteiger partial charge in [0.05, 0.1) is 12.3 Å². The average Bonchev–Trinajstić information content (AvgIpc) is 2.63. The number of anilines is 1. The summed E-state index contributed by atoms with van der Waals surface area (Å²) in [7, 11) is 0. The molecule has 0 radical (unpaired) electrons. The van der Waals surface area contributed by atoms with E-state index >= 15 is 0 Å². The Kier molecular flexibility index (Phi) is 4.94. The molecule has 7 heteroatoms. The molecule has 1 heterocycles. The van der Waals surface area contributed by atoms with E-state index in [1.54, 1.807) is 43.3 Å². The van der Waals surface area contributed by atoms with E-state index in [9.17, 15) is 19.5 Å². The van der Waals surface area contributed by atoms with Crippen LogP contribution >= 0.6 is 0 Å². The van der Waals surface area contributed by atoms with Crippen molar-refractivity contribution in [3.05, 3.63) is 59.2 Å². The molecule has 1 aliphatic rings. The topological polar surface area (TPSA) is 95.9 Å². The van der Waals surface area contributed by atoms with Gasteiger partial charge in [0, 0.05) is 5.56 Å². The molecule has 3 rings (SSSR count). The zero-order valence-corrected chi connectivity index (χ0v) is 14.9. The van der Waals surface area contributed by atoms with Crippen LogP contribution in [0.1, 0.15) is 18.1 Å². The molecule has 2 N–H and O–H groups in total. The number of para-hydroxylation sites is 1. The van der Waals surface area contributed by atoms with Crippen molar-refractivity contribution < 1.29 is 24.2 Å². The fraction of sp³-hybridized carbons (Fsp3) is 0.150. The van der Waals surface area contributed by atoms with Gasteiger partial charge in [0.15, 0.2) is 11.5 Å². The van der Waals surface area contributed by atoms with Crippen molar-refractivity contribution in [1.29, 1.82) is 0 Å². The van der Waals surface area contributed by atoms with E-state index in [1.807, 2.05) is 6.92 Å². The number of hydrogen-bond acceptors (Lipinski definition) is 5. The average molecular weight is 366 g/mol. The standard InChI is InChI=1S/C20H18N2O5/c1-3-27-16-6-4-5-13(17(16)23)11-15-18(24)21-20(26)22(19(15)25)14-9-7-12(2)8-10-14/h4-11,23H,3H2,1-2H3,(H,21,24,26). The van der Waals surface area contributed by atoms with Gasteiger partial charge in [0.1, 0.15) is 5.57 Å². The number of nitrogens with one attached hydrogen (secondary N) is 1. The third-order valence-electron chi connectivity index (χ3n) is 4.02. The summed E-state index contributed by atoms with van der Waals surface area (Å²) >= 11 is 0. The van der Waals surface area contributed by atoms with E-state index in [4.69, 9.17) is 4.74 Å². The van der Waals surface area contributed by atoms with Crippen LogP contribution in [0.4, 0.5) is 10.5 Å². The molecule has 2 aromatic rings. The van der Waals surface area contributed by atoms with Gasteiger partial charge in [-0.2, -0.15) is 0 Å². The third kappa shape index (κ3) is 3.52. The molecule has 138 valence electrons. The number of imide groups is 2. The molecule has 0 saturated carbocycles. The van der Waals surface area contributed by atoms with Gasteiger partial charge in [-0.05, 0) is 38.1 Å². The second-order valence-corrected chi connectivity index (χ2v) is 5.92. The van der Waals surface area contributed by atoms with Crippen LogP contribution in [-0.4, -0.2) is 29.6 Å². The highest BCUT2D eigenvalue weighted by molar-refractivity contribution is 6.39. The molecule has 0 atom stereocenters. The summed E-state index contributed by atoms with van der Waals surface area (Å²) in [5.74, 6) is -1.54. The Morgan fingerprint density at radius 2 is 1.81 bits per heavy atom. The Morgan fingerprint density at radius 1 is 1.11 bits per heavy atom. The van der Waals surface area contributed by atoms with E-state index in [0.717, 1.165) is 10.5 Å². The number of ether oxygens (including phenoxy) is 1. The molecule has 2 aromatic carbocycles. The summed E-state index contributed by atoms with van der Waals surface area (Å²) in [6.45, 7) is 4.00. The van der Waals surface area contributed by atoms with Crippen molar-refractivity contribution in [2.75, 3.05) is 11.5 Å². The van der Waals surface area contributed by atoms with Crippen LogP contribution in [-0.2, 0) is 9.59 Å². The number of carbonyl (C=O) groups excluding carboxylic acids is 3. The van der Waals surface area contributed by atoms with E-state index in [1.165, 1.54) is 12.1 Å². The van der Waals surface area contributed by atoms with Gasteiger partial charge in [-0.25, -0.2) is 9.69 Å². The summed E-state index contributed by atoms with van der Waals surface area (Å²) in [6.07, 6.45) is 1.24. The molecular formula is C20H18N2O5. The van der Waals surface area contributed by atoms with E-state index in [0.29, 0.717) is 12.3 Å². The second-order valence-electron chi connectivity index (χ2n) is 5.92. The maximum atomic E-state index is 12.8. The van der Waals surface area contributed by atoms with Gasteiger partial charge in [-0.1, -0.05) is 29.8 Å². The predicted molar refractivity (Wildman–Crippen MR) is 99.5 cm³/mol. The number of benzene rings is 2. The van der Waals surface area contributed by atoms with Crippen LogP contribution in [0.2, 0.25) is 0 Å². The largest absolute Gasteiger partial charge is 0.504 e. The molecule has 1 saturated heterocycles. The zero-order chi connectivity index (χ0) is 19.6. The first-order chi connectivity index (χ1) is 12.9. The Bertz CT molecular complexity index is 947. The number of nitrogens with zero attached hydrogens (tertiary/aromatic N) is 1. The minimum Gasteiger partial charge on any atom is -0.504 e. The molecule has 27 heavy (non-hydrogen) atoms. The van der Waals surface area contributed by atoms with Crippen molar-refractivity contribution >= 4 is 29.6 Å². The number of phenols is 1. The van der Waals surface area contributed by atoms with Crippen molar-refractivity contribution in [2.45, 2.75) is 13.8 Å². The summed E-state index contributed by atoms with van der Waals surface area (Å²) in [4.78, 5) is 38.1. The molecule has 1 fully saturated rings. The quantitative estimate of drug-likeness (QED) is 0.641. The number of rotatable bonds is 4. The van der Waals surface area contributed by atoms with E-state index in [-0.39, 0.29) is 22.6 Å². The maximum Gasteiger partial charge on any atom is 0.335 e. The molecule has 4 amide bonds. The van der Waals surface area contributed by atoms with Gasteiger partial charge in [0.2, 0.25) is 0 Å². The van der Waals surface area contributed by atoms with Crippen LogP contribution < -0.4 is 15.0 Å². The number of barbiturate groups is 1. The molecular weight excluding hydrogens is 348 g/mol. The third-order valence-corrected chi connectivity index (χ3v) is 4.02. The molecule has 0 bridgehead atoms. The lowest BCUT2D eigenvalue weighted by Crippen LogP contribution is -2.54. The summed E-state index contributed by atoms with van der Waals surface area (Å²) < 4.78 is 5.31. The normalized spacial score (nSPS) is 15.9. The van der Waals surface area contributed by atoms with Crippen molar-refractivity contribution in [2.24, 2.45) is 0 Å². The first-order valence-corrected chi connectivity index (χ1v) is 8.35. The fourth-order valence-corrected chi connectivity index (χ4v) is 2.67. The molecule has 0 unspecified atom stereocenters. The van der Waals surface area contributed by atoms with Crippen molar-refractivity contribution in [3.63, 3.8) is 0 Å². The number of urea groups is 1. The van der Waals surface area contributed by atoms with Crippen LogP contribution in [0.25, 0.3) is 6.08 Å². The molecule has 1 aliphatic heterocycles. The number of aromatic hydroxyl groups is 1. The zero-order valence-electron chi connectivity index (χ0n) is 14.9. The van der Waals surface area contributed by atoms with Gasteiger partial charge >= 0.3 is 6.03 Å². The van der Waals surface area contributed by atoms with Crippen LogP contribution in [0, 0.1) is 6.92 Å². The second kappa shape index (κ2) is 7.33. The summed E-state index contributed by atoms with van der Waals surface area (Å²) in [6, 6.07) is 10.7. The summed E-state index contributed by atoms with van der Waals surface area (Å²) in [5, 5.41) is 12.4. The molecule has 0 spiro atoms. The molecule has 0 aromatic heterocycles. The lowest BCUT2D eigenvalue weighted by Gasteiger charge is -2.26. The van der Waals surface area contributed by atoms with Crippen LogP contribution in [0.15, 0.2) is 48.0 Å². The number of hydrogen-bond donors (Lipinski definition) is 2. The van der Waals surface area contributed by atoms with Gasteiger partial charge in [0.25, 0.3) is 11.8 Å². The SMILES string of the molecule is CCOc1cccc(C=C2C(=O)NC(=O)N(c3ccc(C)cc3)C2=O)c1O. The van der Waals surface area contributed by atoms with E-state index in [2.05, 4.69) is 5.32 Å². The highest BCUT2D eigenvalue weighted by Crippen LogP contribution is 2.32. The highest BCUT2D eigenvalue weighted by atomic mass is 16.5. The lowest BCUT2D eigenvalue weighted by molar-refractivity contribution is -0.122. The molecule has 7 nitrogen and oxygen atoms in total. The van der Waals surface area contributed by atoms with Crippen LogP contribution in [0.3, 0.4) is 0 Å². The van der Waals surface area contributed by atoms with Gasteiger partial charge in [-0.15, -0.1) is 0 Å². The van der Waals surface area contributed by atoms with E-state index < -0.39 is 17.8 Å². The van der Waals surface area contributed by atoms with Crippen LogP contribution in [0.5, 0.6) is 11.5 Å². The van der Waals surface area contributed by atoms with Gasteiger partial charge < -0.3 is 9.84 Å². The van der Waals surface area contributed by atoms with Crippen molar-refractivity contribution in [3.8, 4) is 11.5 Å². The lowest BCUT2D eigenvalue weighted by atomic mass is 10.1. The Hall–Kier alpha value is -3.61. The van der Waals surface area contributed by atoms with Gasteiger partial charge in [-0.3, -0.25) is 14.9 Å². The molecule has 0 aliphatic carbocycles. The number of phenolic OH excluding ortho intramolecular Hbond substituents is 1. The highest BCUT2D eigenvalue weighted by Gasteiger charge is 2.36. The van der Waals surface area contributed by atoms with Crippen molar-refractivity contribution in [1.82, 2.24) is 5.32 Å². The predicted octanol–water partition coefficient (Wildman–Crippen LogP) is 2.77. The number of amides is 4. The first-order valence-electron chi connectivity index (χ1n) is 8.35. The summed E-state index contributed by atoms with van der Waals surface area (Å²) in [5.41, 5.74) is 1.28. The Labute approximate surface area is 155 Å². The maximum absolute atomic E-state index is 12.8. The number of carbonyl (C=O) groups is 3.